The molecule has 1 fully saturated rings. The molecule has 2 heterocycles. The third-order valence-corrected chi connectivity index (χ3v) is 7.09. The van der Waals surface area contributed by atoms with Gasteiger partial charge in [-0.1, -0.05) is 23.2 Å². The quantitative estimate of drug-likeness (QED) is 0.318. The smallest absolute Gasteiger partial charge is 0.255 e. The minimum atomic E-state index is -0.235. The summed E-state index contributed by atoms with van der Waals surface area (Å²) in [4.78, 5) is 16.8. The van der Waals surface area contributed by atoms with Gasteiger partial charge in [0, 0.05) is 33.6 Å². The Balaban J connectivity index is 1.71. The SMILES string of the molecule is COc1cc(-c2cc3cc(Cl)c(Cl)cc3[nH]2)c(OCCO)cc1C(=O)NC1CC(C)(C)NC(C)(C)C1. The zero-order chi connectivity index (χ0) is 26.3. The summed E-state index contributed by atoms with van der Waals surface area (Å²) in [5.41, 5.74) is 2.39. The van der Waals surface area contributed by atoms with Crippen molar-refractivity contribution in [1.29, 1.82) is 0 Å². The van der Waals surface area contributed by atoms with Gasteiger partial charge in [0.25, 0.3) is 5.91 Å². The van der Waals surface area contributed by atoms with Crippen molar-refractivity contribution < 1.29 is 19.4 Å². The van der Waals surface area contributed by atoms with Crippen molar-refractivity contribution in [2.24, 2.45) is 0 Å². The van der Waals surface area contributed by atoms with Gasteiger partial charge in [-0.05, 0) is 70.9 Å². The summed E-state index contributed by atoms with van der Waals surface area (Å²) in [5, 5.41) is 18.0. The molecule has 7 nitrogen and oxygen atoms in total. The molecule has 0 radical (unpaired) electrons. The van der Waals surface area contributed by atoms with Gasteiger partial charge in [-0.2, -0.15) is 0 Å². The first-order valence-electron chi connectivity index (χ1n) is 12.0. The number of methoxy groups -OCH3 is 1. The predicted octanol–water partition coefficient (Wildman–Crippen LogP) is 5.56. The number of H-pyrrole nitrogens is 1. The van der Waals surface area contributed by atoms with Crippen LogP contribution >= 0.6 is 23.2 Å². The van der Waals surface area contributed by atoms with Crippen LogP contribution in [0.15, 0.2) is 30.3 Å². The number of hydrogen-bond acceptors (Lipinski definition) is 5. The molecule has 36 heavy (non-hydrogen) atoms. The maximum absolute atomic E-state index is 13.5. The first kappa shape index (κ1) is 26.6. The summed E-state index contributed by atoms with van der Waals surface area (Å²) in [6.45, 7) is 8.49. The fraction of sp³-hybridized carbons (Fsp3) is 0.444. The van der Waals surface area contributed by atoms with E-state index in [4.69, 9.17) is 32.7 Å². The highest BCUT2D eigenvalue weighted by Gasteiger charge is 2.38. The van der Waals surface area contributed by atoms with Crippen molar-refractivity contribution in [3.05, 3.63) is 45.9 Å². The molecule has 0 bridgehead atoms. The molecule has 0 unspecified atom stereocenters. The Labute approximate surface area is 221 Å². The number of halogens is 2. The summed E-state index contributed by atoms with van der Waals surface area (Å²) < 4.78 is 11.5. The van der Waals surface area contributed by atoms with Gasteiger partial charge in [-0.3, -0.25) is 4.79 Å². The second-order valence-electron chi connectivity index (χ2n) is 10.6. The number of fused-ring (bicyclic) bond motifs is 1. The van der Waals surface area contributed by atoms with Crippen LogP contribution in [0.1, 0.15) is 50.9 Å². The number of aliphatic hydroxyl groups is 1. The van der Waals surface area contributed by atoms with Crippen molar-refractivity contribution in [3.63, 3.8) is 0 Å². The second-order valence-corrected chi connectivity index (χ2v) is 11.4. The third-order valence-electron chi connectivity index (χ3n) is 6.37. The predicted molar refractivity (Wildman–Crippen MR) is 145 cm³/mol. The first-order valence-corrected chi connectivity index (χ1v) is 12.7. The van der Waals surface area contributed by atoms with E-state index in [1.807, 2.05) is 6.07 Å². The number of benzene rings is 2. The summed E-state index contributed by atoms with van der Waals surface area (Å²) in [7, 11) is 1.53. The summed E-state index contributed by atoms with van der Waals surface area (Å²) >= 11 is 12.4. The first-order chi connectivity index (χ1) is 16.9. The Morgan fingerprint density at radius 3 is 2.36 bits per heavy atom. The van der Waals surface area contributed by atoms with Crippen LogP contribution in [0.3, 0.4) is 0 Å². The van der Waals surface area contributed by atoms with E-state index >= 15 is 0 Å². The number of amides is 1. The minimum absolute atomic E-state index is 0.00172. The number of hydrogen-bond donors (Lipinski definition) is 4. The van der Waals surface area contributed by atoms with Crippen LogP contribution in [-0.4, -0.2) is 53.4 Å². The van der Waals surface area contributed by atoms with Gasteiger partial charge in [-0.15, -0.1) is 0 Å². The van der Waals surface area contributed by atoms with E-state index in [9.17, 15) is 9.90 Å². The van der Waals surface area contributed by atoms with Crippen molar-refractivity contribution in [1.82, 2.24) is 15.6 Å². The fourth-order valence-corrected chi connectivity index (χ4v) is 5.69. The van der Waals surface area contributed by atoms with Crippen molar-refractivity contribution >= 4 is 40.0 Å². The standard InChI is InChI=1S/C27H33Cl2N3O4/c1-26(2)13-16(14-27(3,4)32-26)30-25(34)18-11-24(36-7-6-33)17(10-23(18)35-5)22-9-15-8-19(28)20(29)12-21(15)31-22/h8-12,16,31-33H,6-7,13-14H2,1-5H3,(H,30,34). The van der Waals surface area contributed by atoms with Crippen molar-refractivity contribution in [2.45, 2.75) is 57.7 Å². The number of carbonyl (C=O) groups excluding carboxylic acids is 1. The number of carbonyl (C=O) groups is 1. The fourth-order valence-electron chi connectivity index (χ4n) is 5.35. The Hall–Kier alpha value is -2.45. The van der Waals surface area contributed by atoms with E-state index in [1.54, 1.807) is 24.3 Å². The van der Waals surface area contributed by atoms with Gasteiger partial charge in [0.05, 0.1) is 35.0 Å². The Kier molecular flexibility index (Phi) is 7.49. The number of ether oxygens (including phenoxy) is 2. The zero-order valence-electron chi connectivity index (χ0n) is 21.2. The molecular weight excluding hydrogens is 501 g/mol. The molecule has 0 saturated carbocycles. The molecule has 9 heteroatoms. The molecule has 1 aliphatic rings. The van der Waals surface area contributed by atoms with Gasteiger partial charge < -0.3 is 30.2 Å². The molecule has 1 amide bonds. The molecule has 1 aliphatic heterocycles. The lowest BCUT2D eigenvalue weighted by Crippen LogP contribution is -2.62. The maximum Gasteiger partial charge on any atom is 0.255 e. The molecule has 4 rings (SSSR count). The normalized spacial score (nSPS) is 17.2. The average Bonchev–Trinajstić information content (AvgIpc) is 3.17. The van der Waals surface area contributed by atoms with Crippen molar-refractivity contribution in [3.8, 4) is 22.8 Å². The Morgan fingerprint density at radius 2 is 1.72 bits per heavy atom. The highest BCUT2D eigenvalue weighted by molar-refractivity contribution is 6.42. The van der Waals surface area contributed by atoms with Gasteiger partial charge in [-0.25, -0.2) is 0 Å². The molecule has 1 saturated heterocycles. The van der Waals surface area contributed by atoms with Crippen LogP contribution in [0.25, 0.3) is 22.2 Å². The number of aliphatic hydroxyl groups excluding tert-OH is 1. The maximum atomic E-state index is 13.5. The molecule has 3 aromatic rings. The molecule has 4 N–H and O–H groups in total. The number of piperidine rings is 1. The number of rotatable bonds is 7. The molecule has 194 valence electrons. The molecule has 0 spiro atoms. The molecule has 0 atom stereocenters. The zero-order valence-corrected chi connectivity index (χ0v) is 22.7. The highest BCUT2D eigenvalue weighted by Crippen LogP contribution is 2.39. The van der Waals surface area contributed by atoms with Crippen LogP contribution in [0.4, 0.5) is 0 Å². The minimum Gasteiger partial charge on any atom is -0.496 e. The van der Waals surface area contributed by atoms with Gasteiger partial charge in [0.2, 0.25) is 0 Å². The lowest BCUT2D eigenvalue weighted by atomic mass is 9.79. The van der Waals surface area contributed by atoms with E-state index in [2.05, 4.69) is 43.3 Å². The van der Waals surface area contributed by atoms with E-state index < -0.39 is 0 Å². The summed E-state index contributed by atoms with van der Waals surface area (Å²) in [6, 6.07) is 8.91. The number of aromatic nitrogens is 1. The van der Waals surface area contributed by atoms with Gasteiger partial charge >= 0.3 is 0 Å². The van der Waals surface area contributed by atoms with Gasteiger partial charge in [0.1, 0.15) is 18.1 Å². The lowest BCUT2D eigenvalue weighted by molar-refractivity contribution is 0.0870. The second kappa shape index (κ2) is 10.1. The number of aromatic amines is 1. The topological polar surface area (TPSA) is 95.6 Å². The van der Waals surface area contributed by atoms with Crippen LogP contribution in [0.5, 0.6) is 11.5 Å². The van der Waals surface area contributed by atoms with E-state index in [1.165, 1.54) is 7.11 Å². The molecule has 2 aromatic carbocycles. The Morgan fingerprint density at radius 1 is 1.06 bits per heavy atom. The van der Waals surface area contributed by atoms with E-state index in [0.717, 1.165) is 29.4 Å². The summed E-state index contributed by atoms with van der Waals surface area (Å²) in [5.74, 6) is 0.631. The average molecular weight is 534 g/mol. The largest absolute Gasteiger partial charge is 0.496 e. The van der Waals surface area contributed by atoms with Crippen molar-refractivity contribution in [2.75, 3.05) is 20.3 Å². The molecule has 1 aromatic heterocycles. The molecular formula is C27H33Cl2N3O4. The monoisotopic (exact) mass is 533 g/mol. The Bertz CT molecular complexity index is 1230. The highest BCUT2D eigenvalue weighted by atomic mass is 35.5. The lowest BCUT2D eigenvalue weighted by Gasteiger charge is -2.46. The third kappa shape index (κ3) is 5.75. The van der Waals surface area contributed by atoms with Crippen LogP contribution in [0.2, 0.25) is 10.0 Å². The van der Waals surface area contributed by atoms with E-state index in [0.29, 0.717) is 32.7 Å². The van der Waals surface area contributed by atoms with E-state index in [-0.39, 0.29) is 36.2 Å². The van der Waals surface area contributed by atoms with Crippen LogP contribution in [-0.2, 0) is 0 Å². The number of nitrogens with one attached hydrogen (secondary N) is 3. The van der Waals surface area contributed by atoms with Crippen LogP contribution in [0, 0.1) is 0 Å². The van der Waals surface area contributed by atoms with Gasteiger partial charge in [0.15, 0.2) is 0 Å². The summed E-state index contributed by atoms with van der Waals surface area (Å²) in [6.07, 6.45) is 1.60. The molecule has 0 aliphatic carbocycles. The van der Waals surface area contributed by atoms with Crippen LogP contribution < -0.4 is 20.1 Å².